The average Bonchev–Trinajstić information content (AvgIpc) is 2.79. The van der Waals surface area contributed by atoms with Crippen LogP contribution in [0.2, 0.25) is 5.02 Å². The second-order valence-corrected chi connectivity index (χ2v) is 8.34. The van der Waals surface area contributed by atoms with E-state index in [1.807, 2.05) is 0 Å². The van der Waals surface area contributed by atoms with Crippen LogP contribution in [-0.2, 0) is 10.0 Å². The van der Waals surface area contributed by atoms with Crippen molar-refractivity contribution in [2.24, 2.45) is 0 Å². The number of halogens is 1. The minimum Gasteiger partial charge on any atom is -0.497 e. The van der Waals surface area contributed by atoms with Gasteiger partial charge in [0, 0.05) is 11.1 Å². The molecule has 0 aliphatic heterocycles. The molecule has 3 rings (SSSR count). The fraction of sp³-hybridized carbons (Fsp3) is 0.0476. The lowest BCUT2D eigenvalue weighted by Crippen LogP contribution is -2.41. The summed E-state index contributed by atoms with van der Waals surface area (Å²) in [5.74, 6) is -0.638. The second kappa shape index (κ2) is 9.50. The molecule has 0 unspecified atom stereocenters. The van der Waals surface area contributed by atoms with E-state index >= 15 is 0 Å². The summed E-state index contributed by atoms with van der Waals surface area (Å²) in [6, 6.07) is 18.0. The SMILES string of the molecule is COc1ccc(C(=O)NNC(=O)c2cccc(S(=O)(=O)Nc3ccccc3Cl)c2)cc1. The summed E-state index contributed by atoms with van der Waals surface area (Å²) in [6.07, 6.45) is 0. The molecule has 3 aromatic carbocycles. The first-order valence-electron chi connectivity index (χ1n) is 8.92. The van der Waals surface area contributed by atoms with E-state index in [2.05, 4.69) is 15.6 Å². The molecule has 0 spiro atoms. The lowest BCUT2D eigenvalue weighted by atomic mass is 10.2. The molecule has 0 bridgehead atoms. The van der Waals surface area contributed by atoms with Crippen molar-refractivity contribution in [2.45, 2.75) is 4.90 Å². The normalized spacial score (nSPS) is 10.8. The molecule has 0 saturated heterocycles. The number of hydrogen-bond acceptors (Lipinski definition) is 5. The number of sulfonamides is 1. The maximum absolute atomic E-state index is 12.7. The van der Waals surface area contributed by atoms with Gasteiger partial charge in [-0.2, -0.15) is 0 Å². The van der Waals surface area contributed by atoms with Gasteiger partial charge in [0.2, 0.25) is 0 Å². The molecule has 0 atom stereocenters. The van der Waals surface area contributed by atoms with E-state index in [1.54, 1.807) is 30.3 Å². The van der Waals surface area contributed by atoms with Crippen LogP contribution in [0.25, 0.3) is 0 Å². The molecule has 0 aliphatic rings. The Kier molecular flexibility index (Phi) is 6.78. The molecule has 160 valence electrons. The van der Waals surface area contributed by atoms with Gasteiger partial charge in [0.25, 0.3) is 21.8 Å². The Balaban J connectivity index is 1.69. The number of para-hydroxylation sites is 1. The number of methoxy groups -OCH3 is 1. The smallest absolute Gasteiger partial charge is 0.269 e. The minimum absolute atomic E-state index is 0.0389. The summed E-state index contributed by atoms with van der Waals surface area (Å²) in [5.41, 5.74) is 5.10. The van der Waals surface area contributed by atoms with Gasteiger partial charge in [-0.05, 0) is 54.6 Å². The van der Waals surface area contributed by atoms with E-state index in [0.29, 0.717) is 11.3 Å². The van der Waals surface area contributed by atoms with Crippen molar-refractivity contribution in [3.63, 3.8) is 0 Å². The summed E-state index contributed by atoms with van der Waals surface area (Å²) in [6.45, 7) is 0. The van der Waals surface area contributed by atoms with Gasteiger partial charge < -0.3 is 4.74 Å². The average molecular weight is 460 g/mol. The molecule has 3 aromatic rings. The fourth-order valence-electron chi connectivity index (χ4n) is 2.55. The number of benzene rings is 3. The number of hydrazine groups is 1. The molecule has 0 saturated carbocycles. The molecule has 31 heavy (non-hydrogen) atoms. The number of carbonyl (C=O) groups is 2. The van der Waals surface area contributed by atoms with Gasteiger partial charge in [0.15, 0.2) is 0 Å². The van der Waals surface area contributed by atoms with Crippen molar-refractivity contribution in [2.75, 3.05) is 11.8 Å². The monoisotopic (exact) mass is 459 g/mol. The Morgan fingerprint density at radius 1 is 0.839 bits per heavy atom. The van der Waals surface area contributed by atoms with E-state index in [-0.39, 0.29) is 21.2 Å². The van der Waals surface area contributed by atoms with E-state index < -0.39 is 21.8 Å². The highest BCUT2D eigenvalue weighted by molar-refractivity contribution is 7.92. The van der Waals surface area contributed by atoms with Gasteiger partial charge in [0.05, 0.1) is 22.7 Å². The Bertz CT molecular complexity index is 1210. The van der Waals surface area contributed by atoms with Gasteiger partial charge >= 0.3 is 0 Å². The van der Waals surface area contributed by atoms with Crippen molar-refractivity contribution in [1.29, 1.82) is 0 Å². The Morgan fingerprint density at radius 2 is 1.48 bits per heavy atom. The highest BCUT2D eigenvalue weighted by Gasteiger charge is 2.18. The number of anilines is 1. The highest BCUT2D eigenvalue weighted by Crippen LogP contribution is 2.24. The number of rotatable bonds is 6. The Hall–Kier alpha value is -3.56. The molecule has 10 heteroatoms. The highest BCUT2D eigenvalue weighted by atomic mass is 35.5. The maximum atomic E-state index is 12.7. The Morgan fingerprint density at radius 3 is 2.13 bits per heavy atom. The standard InChI is InChI=1S/C21H18ClN3O5S/c1-30-16-11-9-14(10-12-16)20(26)23-24-21(27)15-5-4-6-17(13-15)31(28,29)25-19-8-3-2-7-18(19)22/h2-13,25H,1H3,(H,23,26)(H,24,27). The molecule has 3 N–H and O–H groups in total. The van der Waals surface area contributed by atoms with Crippen molar-refractivity contribution >= 4 is 39.1 Å². The van der Waals surface area contributed by atoms with Crippen molar-refractivity contribution in [1.82, 2.24) is 10.9 Å². The largest absolute Gasteiger partial charge is 0.497 e. The first kappa shape index (κ1) is 22.1. The summed E-state index contributed by atoms with van der Waals surface area (Å²) in [5, 5.41) is 0.237. The minimum atomic E-state index is -3.99. The van der Waals surface area contributed by atoms with Crippen molar-refractivity contribution in [3.8, 4) is 5.75 Å². The summed E-state index contributed by atoms with van der Waals surface area (Å²) >= 11 is 6.00. The second-order valence-electron chi connectivity index (χ2n) is 6.25. The zero-order chi connectivity index (χ0) is 22.4. The number of nitrogens with one attached hydrogen (secondary N) is 3. The fourth-order valence-corrected chi connectivity index (χ4v) is 3.92. The zero-order valence-electron chi connectivity index (χ0n) is 16.3. The first-order chi connectivity index (χ1) is 14.8. The number of amides is 2. The molecule has 2 amide bonds. The van der Waals surface area contributed by atoms with E-state index in [9.17, 15) is 18.0 Å². The molecule has 0 fully saturated rings. The predicted octanol–water partition coefficient (Wildman–Crippen LogP) is 3.22. The zero-order valence-corrected chi connectivity index (χ0v) is 17.8. The first-order valence-corrected chi connectivity index (χ1v) is 10.8. The third kappa shape index (κ3) is 5.53. The third-order valence-corrected chi connectivity index (χ3v) is 5.86. The van der Waals surface area contributed by atoms with Gasteiger partial charge in [0.1, 0.15) is 5.75 Å². The van der Waals surface area contributed by atoms with Crippen LogP contribution in [0.5, 0.6) is 5.75 Å². The van der Waals surface area contributed by atoms with Gasteiger partial charge in [-0.15, -0.1) is 0 Å². The lowest BCUT2D eigenvalue weighted by molar-refractivity contribution is 0.0846. The van der Waals surface area contributed by atoms with Crippen LogP contribution in [0, 0.1) is 0 Å². The molecule has 8 nitrogen and oxygen atoms in total. The van der Waals surface area contributed by atoms with Crippen LogP contribution >= 0.6 is 11.6 Å². The summed E-state index contributed by atoms with van der Waals surface area (Å²) in [7, 11) is -2.48. The molecule has 0 radical (unpaired) electrons. The van der Waals surface area contributed by atoms with E-state index in [1.165, 1.54) is 49.6 Å². The van der Waals surface area contributed by atoms with Crippen LogP contribution in [0.4, 0.5) is 5.69 Å². The topological polar surface area (TPSA) is 114 Å². The van der Waals surface area contributed by atoms with Gasteiger partial charge in [-0.1, -0.05) is 29.8 Å². The van der Waals surface area contributed by atoms with Crippen LogP contribution in [-0.4, -0.2) is 27.3 Å². The van der Waals surface area contributed by atoms with Gasteiger partial charge in [-0.25, -0.2) is 8.42 Å². The van der Waals surface area contributed by atoms with Crippen molar-refractivity contribution in [3.05, 3.63) is 88.9 Å². The quantitative estimate of drug-likeness (QED) is 0.490. The Labute approximate surface area is 184 Å². The maximum Gasteiger partial charge on any atom is 0.269 e. The number of hydrogen-bond donors (Lipinski definition) is 3. The van der Waals surface area contributed by atoms with Gasteiger partial charge in [-0.3, -0.25) is 25.2 Å². The molecular weight excluding hydrogens is 442 g/mol. The van der Waals surface area contributed by atoms with E-state index in [0.717, 1.165) is 0 Å². The molecule has 0 aromatic heterocycles. The number of carbonyl (C=O) groups excluding carboxylic acids is 2. The van der Waals surface area contributed by atoms with Crippen LogP contribution in [0.3, 0.4) is 0 Å². The third-order valence-electron chi connectivity index (χ3n) is 4.17. The van der Waals surface area contributed by atoms with Crippen molar-refractivity contribution < 1.29 is 22.7 Å². The van der Waals surface area contributed by atoms with E-state index in [4.69, 9.17) is 16.3 Å². The van der Waals surface area contributed by atoms with Crippen LogP contribution in [0.1, 0.15) is 20.7 Å². The predicted molar refractivity (Wildman–Crippen MR) is 117 cm³/mol. The van der Waals surface area contributed by atoms with Crippen LogP contribution < -0.4 is 20.3 Å². The summed E-state index contributed by atoms with van der Waals surface area (Å²) in [4.78, 5) is 24.4. The molecule has 0 aliphatic carbocycles. The lowest BCUT2D eigenvalue weighted by Gasteiger charge is -2.11. The molecule has 0 heterocycles. The molecular formula is C21H18ClN3O5S. The number of ether oxygens (including phenoxy) is 1. The summed E-state index contributed by atoms with van der Waals surface area (Å²) < 4.78 is 32.7. The van der Waals surface area contributed by atoms with Crippen LogP contribution in [0.15, 0.2) is 77.7 Å².